The van der Waals surface area contributed by atoms with E-state index in [1.807, 2.05) is 49.4 Å². The third-order valence-electron chi connectivity index (χ3n) is 6.55. The number of fused-ring (bicyclic) bond motifs is 2. The van der Waals surface area contributed by atoms with Gasteiger partial charge in [-0.3, -0.25) is 9.59 Å². The number of para-hydroxylation sites is 1. The number of carboxylic acid groups (broad SMARTS) is 1. The number of aromatic amines is 1. The topological polar surface area (TPSA) is 108 Å². The van der Waals surface area contributed by atoms with Gasteiger partial charge >= 0.3 is 5.97 Å². The number of carbonyl (C=O) groups is 3. The molecule has 0 aliphatic heterocycles. The summed E-state index contributed by atoms with van der Waals surface area (Å²) in [6.07, 6.45) is 3.53. The summed E-state index contributed by atoms with van der Waals surface area (Å²) >= 11 is 1.11. The monoisotopic (exact) mass is 494 g/mol. The van der Waals surface area contributed by atoms with E-state index in [0.29, 0.717) is 12.4 Å². The highest BCUT2D eigenvalue weighted by Gasteiger charge is 2.36. The van der Waals surface area contributed by atoms with Crippen LogP contribution in [0.2, 0.25) is 0 Å². The van der Waals surface area contributed by atoms with Crippen LogP contribution in [0.25, 0.3) is 10.9 Å². The van der Waals surface area contributed by atoms with E-state index in [4.69, 9.17) is 4.74 Å². The van der Waals surface area contributed by atoms with Gasteiger partial charge in [0.2, 0.25) is 5.91 Å². The number of carboxylic acids is 1. The average Bonchev–Trinajstić information content (AvgIpc) is 3.43. The number of carbonyl (C=O) groups excluding carboxylic acids is 2. The number of hydrogen-bond donors (Lipinski definition) is 3. The minimum absolute atomic E-state index is 0.0682. The lowest BCUT2D eigenvalue weighted by atomic mass is 9.87. The third kappa shape index (κ3) is 5.70. The number of aryl methyl sites for hydroxylation is 1. The first-order valence-electron chi connectivity index (χ1n) is 11.8. The van der Waals surface area contributed by atoms with Crippen LogP contribution in [0, 0.1) is 5.92 Å². The third-order valence-corrected chi connectivity index (χ3v) is 7.48. The SMILES string of the molecule is CCOc1ccc2c(c1)CCC2C(CSC(C)=O)C(=O)NC(Cc1c[nH]c2ccccc12)C(=O)O. The summed E-state index contributed by atoms with van der Waals surface area (Å²) in [5, 5.41) is 13.5. The maximum atomic E-state index is 13.5. The van der Waals surface area contributed by atoms with Crippen molar-refractivity contribution in [2.24, 2.45) is 5.92 Å². The van der Waals surface area contributed by atoms with E-state index in [0.717, 1.165) is 57.9 Å². The molecule has 0 spiro atoms. The number of rotatable bonds is 10. The summed E-state index contributed by atoms with van der Waals surface area (Å²) in [4.78, 5) is 40.5. The van der Waals surface area contributed by atoms with Gasteiger partial charge in [0.05, 0.1) is 12.5 Å². The van der Waals surface area contributed by atoms with E-state index in [9.17, 15) is 19.5 Å². The Morgan fingerprint density at radius 1 is 1.23 bits per heavy atom. The fourth-order valence-corrected chi connectivity index (χ4v) is 5.68. The van der Waals surface area contributed by atoms with Crippen LogP contribution in [0.3, 0.4) is 0 Å². The van der Waals surface area contributed by atoms with Crippen molar-refractivity contribution >= 4 is 39.7 Å². The maximum Gasteiger partial charge on any atom is 0.326 e. The lowest BCUT2D eigenvalue weighted by Gasteiger charge is -2.25. The zero-order valence-electron chi connectivity index (χ0n) is 19.9. The fraction of sp³-hybridized carbons (Fsp3) is 0.370. The van der Waals surface area contributed by atoms with Crippen molar-refractivity contribution in [3.05, 3.63) is 65.4 Å². The molecular formula is C27H30N2O5S. The Hall–Kier alpha value is -3.26. The Morgan fingerprint density at radius 3 is 2.77 bits per heavy atom. The predicted molar refractivity (Wildman–Crippen MR) is 137 cm³/mol. The molecule has 0 bridgehead atoms. The zero-order chi connectivity index (χ0) is 24.9. The molecule has 4 rings (SSSR count). The largest absolute Gasteiger partial charge is 0.494 e. The van der Waals surface area contributed by atoms with Crippen LogP contribution < -0.4 is 10.1 Å². The van der Waals surface area contributed by atoms with Crippen molar-refractivity contribution in [3.63, 3.8) is 0 Å². The van der Waals surface area contributed by atoms with Gasteiger partial charge in [0.1, 0.15) is 11.8 Å². The van der Waals surface area contributed by atoms with Crippen molar-refractivity contribution in [2.75, 3.05) is 12.4 Å². The second kappa shape index (κ2) is 11.0. The van der Waals surface area contributed by atoms with Gasteiger partial charge in [-0.25, -0.2) is 4.79 Å². The number of ether oxygens (including phenoxy) is 1. The highest BCUT2D eigenvalue weighted by atomic mass is 32.2. The molecule has 1 heterocycles. The molecule has 7 nitrogen and oxygen atoms in total. The van der Waals surface area contributed by atoms with Crippen molar-refractivity contribution in [1.82, 2.24) is 10.3 Å². The molecule has 0 fully saturated rings. The molecule has 1 amide bonds. The van der Waals surface area contributed by atoms with Crippen LogP contribution in [0.4, 0.5) is 0 Å². The minimum Gasteiger partial charge on any atom is -0.494 e. The quantitative estimate of drug-likeness (QED) is 0.388. The van der Waals surface area contributed by atoms with Crippen LogP contribution >= 0.6 is 11.8 Å². The van der Waals surface area contributed by atoms with Crippen LogP contribution in [0.1, 0.15) is 42.9 Å². The number of hydrogen-bond acceptors (Lipinski definition) is 5. The first kappa shape index (κ1) is 24.9. The van der Waals surface area contributed by atoms with Gasteiger partial charge in [0.25, 0.3) is 0 Å². The van der Waals surface area contributed by atoms with Crippen LogP contribution in [0.5, 0.6) is 5.75 Å². The molecule has 3 atom stereocenters. The number of nitrogens with one attached hydrogen (secondary N) is 2. The lowest BCUT2D eigenvalue weighted by molar-refractivity contribution is -0.142. The number of aromatic nitrogens is 1. The summed E-state index contributed by atoms with van der Waals surface area (Å²) < 4.78 is 5.62. The maximum absolute atomic E-state index is 13.5. The van der Waals surface area contributed by atoms with E-state index >= 15 is 0 Å². The summed E-state index contributed by atoms with van der Waals surface area (Å²) in [6, 6.07) is 12.5. The molecule has 1 aliphatic carbocycles. The number of amides is 1. The van der Waals surface area contributed by atoms with Gasteiger partial charge in [-0.2, -0.15) is 0 Å². The normalized spacial score (nSPS) is 16.5. The molecular weight excluding hydrogens is 464 g/mol. The summed E-state index contributed by atoms with van der Waals surface area (Å²) in [5.74, 6) is -0.927. The van der Waals surface area contributed by atoms with Crippen molar-refractivity contribution in [2.45, 2.75) is 45.1 Å². The van der Waals surface area contributed by atoms with Gasteiger partial charge < -0.3 is 20.1 Å². The van der Waals surface area contributed by atoms with E-state index < -0.39 is 17.9 Å². The number of aliphatic carboxylic acids is 1. The molecule has 0 radical (unpaired) electrons. The van der Waals surface area contributed by atoms with Crippen LogP contribution in [-0.4, -0.2) is 45.5 Å². The number of thioether (sulfide) groups is 1. The Kier molecular flexibility index (Phi) is 7.80. The average molecular weight is 495 g/mol. The summed E-state index contributed by atoms with van der Waals surface area (Å²) in [7, 11) is 0. The minimum atomic E-state index is -1.09. The number of benzene rings is 2. The molecule has 3 aromatic rings. The fourth-order valence-electron chi connectivity index (χ4n) is 4.88. The van der Waals surface area contributed by atoms with Gasteiger partial charge in [-0.05, 0) is 60.6 Å². The highest BCUT2D eigenvalue weighted by molar-refractivity contribution is 8.13. The molecule has 2 aromatic carbocycles. The predicted octanol–water partition coefficient (Wildman–Crippen LogP) is 4.30. The second-order valence-corrected chi connectivity index (χ2v) is 10.0. The molecule has 1 aliphatic rings. The Morgan fingerprint density at radius 2 is 2.03 bits per heavy atom. The number of H-pyrrole nitrogens is 1. The smallest absolute Gasteiger partial charge is 0.326 e. The molecule has 8 heteroatoms. The van der Waals surface area contributed by atoms with E-state index in [2.05, 4.69) is 10.3 Å². The first-order chi connectivity index (χ1) is 16.9. The van der Waals surface area contributed by atoms with E-state index in [1.54, 1.807) is 6.20 Å². The van der Waals surface area contributed by atoms with E-state index in [-0.39, 0.29) is 23.4 Å². The Bertz CT molecular complexity index is 1240. The van der Waals surface area contributed by atoms with E-state index in [1.165, 1.54) is 6.92 Å². The van der Waals surface area contributed by atoms with Crippen molar-refractivity contribution in [1.29, 1.82) is 0 Å². The Labute approximate surface area is 208 Å². The molecule has 1 aromatic heterocycles. The van der Waals surface area contributed by atoms with Crippen molar-refractivity contribution < 1.29 is 24.2 Å². The molecule has 184 valence electrons. The first-order valence-corrected chi connectivity index (χ1v) is 12.8. The standard InChI is InChI=1S/C27H30N2O5S/c1-3-34-19-9-11-20-17(12-19)8-10-22(20)23(15-35-16(2)30)26(31)29-25(27(32)33)13-18-14-28-24-7-5-4-6-21(18)24/h4-7,9,11-12,14,22-23,25,28H,3,8,10,13,15H2,1-2H3,(H,29,31)(H,32,33). The molecule has 35 heavy (non-hydrogen) atoms. The molecule has 3 N–H and O–H groups in total. The second-order valence-electron chi connectivity index (χ2n) is 8.81. The van der Waals surface area contributed by atoms with Gasteiger partial charge in [0.15, 0.2) is 5.12 Å². The lowest BCUT2D eigenvalue weighted by Crippen LogP contribution is -2.46. The van der Waals surface area contributed by atoms with Gasteiger partial charge in [-0.1, -0.05) is 36.0 Å². The summed E-state index contributed by atoms with van der Waals surface area (Å²) in [5.41, 5.74) is 3.96. The van der Waals surface area contributed by atoms with Gasteiger partial charge in [0, 0.05) is 36.2 Å². The molecule has 3 unspecified atom stereocenters. The zero-order valence-corrected chi connectivity index (χ0v) is 20.7. The van der Waals surface area contributed by atoms with Gasteiger partial charge in [-0.15, -0.1) is 0 Å². The molecule has 0 saturated heterocycles. The van der Waals surface area contributed by atoms with Crippen LogP contribution in [-0.2, 0) is 27.2 Å². The summed E-state index contributed by atoms with van der Waals surface area (Å²) in [6.45, 7) is 3.99. The Balaban J connectivity index is 1.55. The van der Waals surface area contributed by atoms with Crippen molar-refractivity contribution in [3.8, 4) is 5.75 Å². The highest BCUT2D eigenvalue weighted by Crippen LogP contribution is 2.41. The van der Waals surface area contributed by atoms with Crippen LogP contribution in [0.15, 0.2) is 48.7 Å². The molecule has 0 saturated carbocycles.